The summed E-state index contributed by atoms with van der Waals surface area (Å²) in [5.74, 6) is 0.279. The number of hydrogen-bond acceptors (Lipinski definition) is 3. The minimum atomic E-state index is -3.24. The van der Waals surface area contributed by atoms with Crippen LogP contribution in [0.25, 0.3) is 0 Å². The van der Waals surface area contributed by atoms with Crippen LogP contribution in [0.4, 0.5) is 0 Å². The van der Waals surface area contributed by atoms with Gasteiger partial charge >= 0.3 is 0 Å². The quantitative estimate of drug-likeness (QED) is 0.894. The second-order valence-corrected chi connectivity index (χ2v) is 7.23. The fraction of sp³-hybridized carbons (Fsp3) is 0.571. The van der Waals surface area contributed by atoms with Crippen LogP contribution in [-0.4, -0.2) is 14.2 Å². The van der Waals surface area contributed by atoms with E-state index in [9.17, 15) is 8.42 Å². The topological polar surface area (TPSA) is 60.2 Å². The Bertz CT molecular complexity index is 507. The summed E-state index contributed by atoms with van der Waals surface area (Å²) in [4.78, 5) is 0.399. The van der Waals surface area contributed by atoms with E-state index in [1.807, 2.05) is 39.8 Å². The summed E-state index contributed by atoms with van der Waals surface area (Å²) in [7, 11) is -3.24. The highest BCUT2D eigenvalue weighted by molar-refractivity contribution is 7.91. The van der Waals surface area contributed by atoms with Gasteiger partial charge in [0.05, 0.1) is 10.6 Å². The molecule has 1 aromatic carbocycles. The number of benzene rings is 1. The highest BCUT2D eigenvalue weighted by Gasteiger charge is 2.22. The van der Waals surface area contributed by atoms with Gasteiger partial charge in [0.25, 0.3) is 0 Å². The molecule has 0 saturated heterocycles. The van der Waals surface area contributed by atoms with Crippen molar-refractivity contribution in [1.29, 1.82) is 0 Å². The molecule has 0 aliphatic heterocycles. The molecule has 0 radical (unpaired) electrons. The molecule has 0 aliphatic carbocycles. The van der Waals surface area contributed by atoms with Crippen molar-refractivity contribution in [3.8, 4) is 0 Å². The normalized spacial score (nSPS) is 13.9. The summed E-state index contributed by atoms with van der Waals surface area (Å²) in [6.45, 7) is 7.73. The van der Waals surface area contributed by atoms with E-state index in [4.69, 9.17) is 5.73 Å². The third-order valence-electron chi connectivity index (χ3n) is 2.89. The molecule has 3 nitrogen and oxygen atoms in total. The molecule has 1 rings (SSSR count). The summed E-state index contributed by atoms with van der Waals surface area (Å²) in [6.07, 6.45) is 0.730. The van der Waals surface area contributed by atoms with Gasteiger partial charge in [0, 0.05) is 6.04 Å². The average Bonchev–Trinajstić information content (AvgIpc) is 2.25. The Balaban J connectivity index is 3.32. The molecule has 102 valence electrons. The Kier molecular flexibility index (Phi) is 4.93. The Morgan fingerprint density at radius 2 is 1.89 bits per heavy atom. The lowest BCUT2D eigenvalue weighted by molar-refractivity contribution is 0.578. The van der Waals surface area contributed by atoms with Crippen LogP contribution in [0.5, 0.6) is 0 Å². The zero-order chi connectivity index (χ0) is 13.9. The maximum absolute atomic E-state index is 12.3. The van der Waals surface area contributed by atoms with Crippen molar-refractivity contribution < 1.29 is 8.42 Å². The molecule has 0 amide bonds. The van der Waals surface area contributed by atoms with Crippen LogP contribution in [0.15, 0.2) is 23.1 Å². The summed E-state index contributed by atoms with van der Waals surface area (Å²) in [6, 6.07) is 5.19. The van der Waals surface area contributed by atoms with Crippen molar-refractivity contribution in [3.05, 3.63) is 29.3 Å². The standard InChI is InChI=1S/C14H23NO2S/c1-5-13(15)12-8-11(4)6-7-14(12)18(16,17)9-10(2)3/h6-8,10,13H,5,9,15H2,1-4H3. The fourth-order valence-electron chi connectivity index (χ4n) is 1.99. The smallest absolute Gasteiger partial charge is 0.178 e. The third kappa shape index (κ3) is 3.56. The van der Waals surface area contributed by atoms with E-state index >= 15 is 0 Å². The van der Waals surface area contributed by atoms with Gasteiger partial charge in [0.15, 0.2) is 9.84 Å². The number of hydrogen-bond donors (Lipinski definition) is 1. The van der Waals surface area contributed by atoms with Gasteiger partial charge in [-0.05, 0) is 30.9 Å². The largest absolute Gasteiger partial charge is 0.324 e. The van der Waals surface area contributed by atoms with Crippen LogP contribution < -0.4 is 5.73 Å². The Morgan fingerprint density at radius 3 is 2.39 bits per heavy atom. The van der Waals surface area contributed by atoms with Gasteiger partial charge in [0.2, 0.25) is 0 Å². The maximum Gasteiger partial charge on any atom is 0.178 e. The first-order valence-corrected chi connectivity index (χ1v) is 8.02. The Labute approximate surface area is 110 Å². The molecular formula is C14H23NO2S. The number of rotatable bonds is 5. The monoisotopic (exact) mass is 269 g/mol. The first-order chi connectivity index (χ1) is 8.27. The molecule has 18 heavy (non-hydrogen) atoms. The van der Waals surface area contributed by atoms with Gasteiger partial charge in [-0.25, -0.2) is 8.42 Å². The number of nitrogens with two attached hydrogens (primary N) is 1. The van der Waals surface area contributed by atoms with Gasteiger partial charge in [-0.1, -0.05) is 38.5 Å². The molecule has 1 atom stereocenters. The van der Waals surface area contributed by atoms with Gasteiger partial charge < -0.3 is 5.73 Å². The lowest BCUT2D eigenvalue weighted by Gasteiger charge is -2.17. The molecule has 0 heterocycles. The summed E-state index contributed by atoms with van der Waals surface area (Å²) < 4.78 is 24.7. The minimum Gasteiger partial charge on any atom is -0.324 e. The molecule has 0 aromatic heterocycles. The highest BCUT2D eigenvalue weighted by Crippen LogP contribution is 2.26. The molecule has 4 heteroatoms. The van der Waals surface area contributed by atoms with Gasteiger partial charge in [0.1, 0.15) is 0 Å². The van der Waals surface area contributed by atoms with Gasteiger partial charge in [-0.2, -0.15) is 0 Å². The van der Waals surface area contributed by atoms with Crippen molar-refractivity contribution in [3.63, 3.8) is 0 Å². The zero-order valence-electron chi connectivity index (χ0n) is 11.6. The third-order valence-corrected chi connectivity index (χ3v) is 5.04. The van der Waals surface area contributed by atoms with Crippen LogP contribution in [0.1, 0.15) is 44.4 Å². The molecule has 0 aliphatic rings. The van der Waals surface area contributed by atoms with Crippen molar-refractivity contribution in [2.45, 2.75) is 45.1 Å². The van der Waals surface area contributed by atoms with Crippen molar-refractivity contribution >= 4 is 9.84 Å². The molecule has 0 fully saturated rings. The number of sulfone groups is 1. The molecule has 1 unspecified atom stereocenters. The van der Waals surface area contributed by atoms with Crippen molar-refractivity contribution in [2.24, 2.45) is 11.7 Å². The van der Waals surface area contributed by atoms with Gasteiger partial charge in [-0.3, -0.25) is 0 Å². The Hall–Kier alpha value is -0.870. The molecule has 0 bridgehead atoms. The van der Waals surface area contributed by atoms with E-state index < -0.39 is 9.84 Å². The van der Waals surface area contributed by atoms with Gasteiger partial charge in [-0.15, -0.1) is 0 Å². The maximum atomic E-state index is 12.3. The van der Waals surface area contributed by atoms with E-state index in [0.717, 1.165) is 17.5 Å². The lowest BCUT2D eigenvalue weighted by atomic mass is 10.0. The molecule has 0 saturated carbocycles. The van der Waals surface area contributed by atoms with E-state index in [0.29, 0.717) is 4.90 Å². The predicted octanol–water partition coefficient (Wildman–Crippen LogP) is 2.83. The van der Waals surface area contributed by atoms with Crippen LogP contribution in [0, 0.1) is 12.8 Å². The van der Waals surface area contributed by atoms with E-state index in [-0.39, 0.29) is 17.7 Å². The summed E-state index contributed by atoms with van der Waals surface area (Å²) >= 11 is 0. The van der Waals surface area contributed by atoms with Crippen LogP contribution in [0.3, 0.4) is 0 Å². The second kappa shape index (κ2) is 5.85. The molecule has 1 aromatic rings. The van der Waals surface area contributed by atoms with Crippen LogP contribution in [0.2, 0.25) is 0 Å². The van der Waals surface area contributed by atoms with Crippen LogP contribution in [-0.2, 0) is 9.84 Å². The fourth-order valence-corrected chi connectivity index (χ4v) is 3.89. The average molecular weight is 269 g/mol. The van der Waals surface area contributed by atoms with E-state index in [1.54, 1.807) is 6.07 Å². The molecular weight excluding hydrogens is 246 g/mol. The molecule has 0 spiro atoms. The van der Waals surface area contributed by atoms with Crippen molar-refractivity contribution in [2.75, 3.05) is 5.75 Å². The van der Waals surface area contributed by atoms with Crippen molar-refractivity contribution in [1.82, 2.24) is 0 Å². The Morgan fingerprint density at radius 1 is 1.28 bits per heavy atom. The first kappa shape index (κ1) is 15.2. The SMILES string of the molecule is CCC(N)c1cc(C)ccc1S(=O)(=O)CC(C)C. The van der Waals surface area contributed by atoms with Crippen LogP contribution >= 0.6 is 0 Å². The first-order valence-electron chi connectivity index (χ1n) is 6.36. The lowest BCUT2D eigenvalue weighted by Crippen LogP contribution is -2.18. The predicted molar refractivity (Wildman–Crippen MR) is 75.3 cm³/mol. The summed E-state index contributed by atoms with van der Waals surface area (Å²) in [5.41, 5.74) is 7.81. The number of aryl methyl sites for hydroxylation is 1. The van der Waals surface area contributed by atoms with E-state index in [1.165, 1.54) is 0 Å². The minimum absolute atomic E-state index is 0.113. The second-order valence-electron chi connectivity index (χ2n) is 5.23. The highest BCUT2D eigenvalue weighted by atomic mass is 32.2. The zero-order valence-corrected chi connectivity index (χ0v) is 12.4. The summed E-state index contributed by atoms with van der Waals surface area (Å²) in [5, 5.41) is 0. The van der Waals surface area contributed by atoms with E-state index in [2.05, 4.69) is 0 Å². The molecule has 2 N–H and O–H groups in total.